The van der Waals surface area contributed by atoms with Crippen molar-refractivity contribution < 1.29 is 22.3 Å². The van der Waals surface area contributed by atoms with Gasteiger partial charge in [-0.3, -0.25) is 4.72 Å². The van der Waals surface area contributed by atoms with E-state index in [9.17, 15) is 17.2 Å². The molecule has 0 atom stereocenters. The van der Waals surface area contributed by atoms with Gasteiger partial charge in [0.2, 0.25) is 0 Å². The lowest BCUT2D eigenvalue weighted by atomic mass is 10.1. The first-order valence-electron chi connectivity index (χ1n) is 6.03. The van der Waals surface area contributed by atoms with Gasteiger partial charge in [0.25, 0.3) is 10.0 Å². The van der Waals surface area contributed by atoms with Crippen LogP contribution < -0.4 is 4.72 Å². The number of sulfonamides is 1. The first-order valence-corrected chi connectivity index (χ1v) is 7.51. The zero-order chi connectivity index (χ0) is 15.6. The second-order valence-corrected chi connectivity index (χ2v) is 6.05. The Morgan fingerprint density at radius 1 is 1.10 bits per heavy atom. The van der Waals surface area contributed by atoms with E-state index in [1.807, 2.05) is 4.72 Å². The fourth-order valence-corrected chi connectivity index (χ4v) is 3.27. The van der Waals surface area contributed by atoms with E-state index in [4.69, 9.17) is 5.11 Å². The molecule has 0 heterocycles. The van der Waals surface area contributed by atoms with Crippen molar-refractivity contribution in [3.8, 4) is 0 Å². The van der Waals surface area contributed by atoms with Gasteiger partial charge in [-0.05, 0) is 36.2 Å². The zero-order valence-electron chi connectivity index (χ0n) is 11.1. The molecule has 7 heteroatoms. The Kier molecular flexibility index (Phi) is 4.24. The van der Waals surface area contributed by atoms with Crippen LogP contribution in [-0.2, 0) is 16.6 Å². The Hall–Kier alpha value is -1.99. The van der Waals surface area contributed by atoms with E-state index >= 15 is 0 Å². The lowest BCUT2D eigenvalue weighted by Gasteiger charge is -2.13. The number of rotatable bonds is 4. The maximum atomic E-state index is 13.5. The summed E-state index contributed by atoms with van der Waals surface area (Å²) in [6, 6.07) is 7.37. The first kappa shape index (κ1) is 15.4. The molecule has 2 aromatic rings. The molecule has 0 unspecified atom stereocenters. The Morgan fingerprint density at radius 3 is 2.24 bits per heavy atom. The smallest absolute Gasteiger partial charge is 0.262 e. The van der Waals surface area contributed by atoms with Gasteiger partial charge in [0.1, 0.15) is 17.3 Å². The number of hydrogen-bond acceptors (Lipinski definition) is 3. The van der Waals surface area contributed by atoms with Crippen molar-refractivity contribution in [3.05, 3.63) is 59.2 Å². The van der Waals surface area contributed by atoms with Gasteiger partial charge < -0.3 is 5.11 Å². The predicted molar refractivity (Wildman–Crippen MR) is 74.3 cm³/mol. The molecule has 0 aromatic heterocycles. The number of hydrogen-bond donors (Lipinski definition) is 2. The van der Waals surface area contributed by atoms with Crippen LogP contribution in [0, 0.1) is 18.6 Å². The number of aliphatic hydroxyl groups excluding tert-OH is 1. The van der Waals surface area contributed by atoms with Crippen LogP contribution in [0.3, 0.4) is 0 Å². The molecular formula is C14H13F2NO3S. The summed E-state index contributed by atoms with van der Waals surface area (Å²) in [5, 5.41) is 9.15. The summed E-state index contributed by atoms with van der Waals surface area (Å²) in [5.74, 6) is -2.01. The molecule has 0 saturated heterocycles. The summed E-state index contributed by atoms with van der Waals surface area (Å²) in [6.45, 7) is 1.18. The third-order valence-corrected chi connectivity index (χ3v) is 4.55. The van der Waals surface area contributed by atoms with Gasteiger partial charge >= 0.3 is 0 Å². The molecule has 21 heavy (non-hydrogen) atoms. The molecule has 112 valence electrons. The Bertz CT molecular complexity index is 756. The second-order valence-electron chi connectivity index (χ2n) is 4.40. The van der Waals surface area contributed by atoms with Crippen LogP contribution >= 0.6 is 0 Å². The van der Waals surface area contributed by atoms with Gasteiger partial charge in [-0.25, -0.2) is 17.2 Å². The number of anilines is 1. The molecular weight excluding hydrogens is 300 g/mol. The van der Waals surface area contributed by atoms with Crippen molar-refractivity contribution in [2.24, 2.45) is 0 Å². The lowest BCUT2D eigenvalue weighted by Crippen LogP contribution is -2.17. The minimum atomic E-state index is -4.16. The molecule has 0 bridgehead atoms. The summed E-state index contributed by atoms with van der Waals surface area (Å²) in [4.78, 5) is -0.142. The number of aliphatic hydroxyl groups is 1. The van der Waals surface area contributed by atoms with Crippen LogP contribution in [0.25, 0.3) is 0 Å². The third kappa shape index (κ3) is 3.03. The average molecular weight is 313 g/mol. The minimum Gasteiger partial charge on any atom is -0.392 e. The molecule has 2 aromatic carbocycles. The van der Waals surface area contributed by atoms with Crippen molar-refractivity contribution in [1.82, 2.24) is 0 Å². The van der Waals surface area contributed by atoms with E-state index in [0.29, 0.717) is 11.1 Å². The maximum Gasteiger partial charge on any atom is 0.262 e. The topological polar surface area (TPSA) is 66.4 Å². The Morgan fingerprint density at radius 2 is 1.67 bits per heavy atom. The molecule has 4 nitrogen and oxygen atoms in total. The molecule has 2 N–H and O–H groups in total. The molecule has 0 radical (unpaired) electrons. The quantitative estimate of drug-likeness (QED) is 0.911. The Balaban J connectivity index is 2.49. The highest BCUT2D eigenvalue weighted by Crippen LogP contribution is 2.25. The highest BCUT2D eigenvalue weighted by atomic mass is 32.2. The standard InChI is InChI=1S/C14H13F2NO3S/c1-9-10(8-18)4-2-7-13(9)21(19,20)17-14-11(15)5-3-6-12(14)16/h2-7,17-18H,8H2,1H3. The van der Waals surface area contributed by atoms with Crippen LogP contribution in [0.5, 0.6) is 0 Å². The average Bonchev–Trinajstić information content (AvgIpc) is 2.43. The SMILES string of the molecule is Cc1c(CO)cccc1S(=O)(=O)Nc1c(F)cccc1F. The van der Waals surface area contributed by atoms with Crippen LogP contribution in [0.15, 0.2) is 41.3 Å². The summed E-state index contributed by atoms with van der Waals surface area (Å²) >= 11 is 0. The van der Waals surface area contributed by atoms with E-state index in [2.05, 4.69) is 0 Å². The molecule has 2 rings (SSSR count). The fourth-order valence-electron chi connectivity index (χ4n) is 1.91. The predicted octanol–water partition coefficient (Wildman–Crippen LogP) is 2.57. The highest BCUT2D eigenvalue weighted by Gasteiger charge is 2.21. The monoisotopic (exact) mass is 313 g/mol. The largest absolute Gasteiger partial charge is 0.392 e. The summed E-state index contributed by atoms with van der Waals surface area (Å²) in [6.07, 6.45) is 0. The molecule has 0 amide bonds. The van der Waals surface area contributed by atoms with E-state index in [1.54, 1.807) is 6.07 Å². The normalized spacial score (nSPS) is 11.4. The Labute approximate surface area is 121 Å². The molecule has 0 aliphatic rings. The van der Waals surface area contributed by atoms with E-state index < -0.39 is 27.3 Å². The van der Waals surface area contributed by atoms with Crippen LogP contribution in [0.1, 0.15) is 11.1 Å². The van der Waals surface area contributed by atoms with Crippen molar-refractivity contribution in [3.63, 3.8) is 0 Å². The van der Waals surface area contributed by atoms with E-state index in [-0.39, 0.29) is 11.5 Å². The van der Waals surface area contributed by atoms with Gasteiger partial charge in [0.15, 0.2) is 0 Å². The van der Waals surface area contributed by atoms with Crippen LogP contribution in [-0.4, -0.2) is 13.5 Å². The van der Waals surface area contributed by atoms with Crippen molar-refractivity contribution in [2.75, 3.05) is 4.72 Å². The van der Waals surface area contributed by atoms with Gasteiger partial charge in [0.05, 0.1) is 11.5 Å². The van der Waals surface area contributed by atoms with Gasteiger partial charge in [-0.1, -0.05) is 18.2 Å². The number of nitrogens with one attached hydrogen (secondary N) is 1. The fraction of sp³-hybridized carbons (Fsp3) is 0.143. The van der Waals surface area contributed by atoms with Crippen molar-refractivity contribution >= 4 is 15.7 Å². The molecule has 0 spiro atoms. The molecule has 0 aliphatic carbocycles. The number of para-hydroxylation sites is 1. The first-order chi connectivity index (χ1) is 9.86. The van der Waals surface area contributed by atoms with Gasteiger partial charge in [-0.15, -0.1) is 0 Å². The van der Waals surface area contributed by atoms with Gasteiger partial charge in [0, 0.05) is 0 Å². The highest BCUT2D eigenvalue weighted by molar-refractivity contribution is 7.92. The van der Waals surface area contributed by atoms with Crippen LogP contribution in [0.2, 0.25) is 0 Å². The van der Waals surface area contributed by atoms with Crippen molar-refractivity contribution in [1.29, 1.82) is 0 Å². The molecule has 0 fully saturated rings. The van der Waals surface area contributed by atoms with Crippen LogP contribution in [0.4, 0.5) is 14.5 Å². The summed E-state index contributed by atoms with van der Waals surface area (Å²) in [5.41, 5.74) is 0.0161. The maximum absolute atomic E-state index is 13.5. The molecule has 0 saturated carbocycles. The lowest BCUT2D eigenvalue weighted by molar-refractivity contribution is 0.280. The molecule has 0 aliphatic heterocycles. The minimum absolute atomic E-state index is 0.142. The van der Waals surface area contributed by atoms with Gasteiger partial charge in [-0.2, -0.15) is 0 Å². The third-order valence-electron chi connectivity index (χ3n) is 3.06. The summed E-state index contributed by atoms with van der Waals surface area (Å²) in [7, 11) is -4.16. The van der Waals surface area contributed by atoms with E-state index in [1.165, 1.54) is 19.1 Å². The zero-order valence-corrected chi connectivity index (χ0v) is 11.9. The number of halogens is 2. The second kappa shape index (κ2) is 5.79. The van der Waals surface area contributed by atoms with E-state index in [0.717, 1.165) is 18.2 Å². The number of benzene rings is 2. The van der Waals surface area contributed by atoms with Crippen molar-refractivity contribution in [2.45, 2.75) is 18.4 Å². The summed E-state index contributed by atoms with van der Waals surface area (Å²) < 4.78 is 53.5.